The van der Waals surface area contributed by atoms with Crippen molar-refractivity contribution < 1.29 is 17.9 Å². The molecule has 0 amide bonds. The topological polar surface area (TPSA) is 22.1 Å². The summed E-state index contributed by atoms with van der Waals surface area (Å²) in [5, 5.41) is 0.611. The largest absolute Gasteiger partial charge is 0.488 e. The lowest BCUT2D eigenvalue weighted by Gasteiger charge is -2.30. The quantitative estimate of drug-likeness (QED) is 0.279. The summed E-state index contributed by atoms with van der Waals surface area (Å²) in [6.07, 6.45) is -2.48. The normalized spacial score (nSPS) is 18.8. The van der Waals surface area contributed by atoms with Crippen LogP contribution in [0.5, 0.6) is 5.75 Å². The minimum atomic E-state index is -4.07. The number of hydrogen-bond donors (Lipinski definition) is 0. The maximum absolute atomic E-state index is 12.9. The molecule has 0 atom stereocenters. The van der Waals surface area contributed by atoms with Crippen LogP contribution in [0.2, 0.25) is 5.02 Å². The zero-order valence-corrected chi connectivity index (χ0v) is 21.0. The van der Waals surface area contributed by atoms with Crippen LogP contribution in [0.1, 0.15) is 48.4 Å². The summed E-state index contributed by atoms with van der Waals surface area (Å²) in [5.74, 6) is -0.264. The minimum absolute atomic E-state index is 0.191. The van der Waals surface area contributed by atoms with Gasteiger partial charge < -0.3 is 4.74 Å². The lowest BCUT2D eigenvalue weighted by molar-refractivity contribution is -0.182. The van der Waals surface area contributed by atoms with Crippen molar-refractivity contribution in [3.05, 3.63) is 80.0 Å². The second kappa shape index (κ2) is 10.2. The number of ether oxygens (including phenoxy) is 1. The van der Waals surface area contributed by atoms with Gasteiger partial charge in [0.1, 0.15) is 12.4 Å². The van der Waals surface area contributed by atoms with E-state index in [1.165, 1.54) is 0 Å². The maximum Gasteiger partial charge on any atom is 0.391 e. The smallest absolute Gasteiger partial charge is 0.391 e. The molecule has 1 heterocycles. The van der Waals surface area contributed by atoms with Crippen molar-refractivity contribution in [1.82, 2.24) is 4.98 Å². The molecule has 1 aliphatic rings. The first-order valence-corrected chi connectivity index (χ1v) is 12.4. The Morgan fingerprint density at radius 1 is 1.00 bits per heavy atom. The SMILES string of the molecule is Cc1nc(-c2cc(Cl)ccc2OCc2ccc(C3CCC(C(F)(F)F)CC3)cc2)ccc1I. The lowest BCUT2D eigenvalue weighted by atomic mass is 9.78. The van der Waals surface area contributed by atoms with Crippen LogP contribution in [-0.2, 0) is 6.61 Å². The van der Waals surface area contributed by atoms with E-state index in [1.54, 1.807) is 6.07 Å². The van der Waals surface area contributed by atoms with Crippen LogP contribution >= 0.6 is 34.2 Å². The summed E-state index contributed by atoms with van der Waals surface area (Å²) in [4.78, 5) is 4.67. The zero-order valence-electron chi connectivity index (χ0n) is 18.1. The van der Waals surface area contributed by atoms with E-state index in [0.29, 0.717) is 30.2 Å². The number of halogens is 5. The second-order valence-electron chi connectivity index (χ2n) is 8.52. The van der Waals surface area contributed by atoms with Crippen molar-refractivity contribution in [3.63, 3.8) is 0 Å². The third-order valence-electron chi connectivity index (χ3n) is 6.27. The van der Waals surface area contributed by atoms with Gasteiger partial charge in [0, 0.05) is 14.2 Å². The van der Waals surface area contributed by atoms with Gasteiger partial charge in [0.2, 0.25) is 0 Å². The molecular weight excluding hydrogens is 562 g/mol. The first-order chi connectivity index (χ1) is 15.7. The molecule has 0 N–H and O–H groups in total. The van der Waals surface area contributed by atoms with E-state index in [4.69, 9.17) is 16.3 Å². The first kappa shape index (κ1) is 24.3. The second-order valence-corrected chi connectivity index (χ2v) is 10.1. The molecular formula is C26H24ClF3INO. The molecule has 4 rings (SSSR count). The monoisotopic (exact) mass is 585 g/mol. The van der Waals surface area contributed by atoms with E-state index in [-0.39, 0.29) is 18.8 Å². The number of alkyl halides is 3. The van der Waals surface area contributed by atoms with Gasteiger partial charge >= 0.3 is 6.18 Å². The predicted octanol–water partition coefficient (Wildman–Crippen LogP) is 8.73. The van der Waals surface area contributed by atoms with E-state index in [0.717, 1.165) is 31.6 Å². The number of hydrogen-bond acceptors (Lipinski definition) is 2. The molecule has 1 aliphatic carbocycles. The summed E-state index contributed by atoms with van der Waals surface area (Å²) in [6.45, 7) is 2.34. The molecule has 2 nitrogen and oxygen atoms in total. The van der Waals surface area contributed by atoms with E-state index < -0.39 is 12.1 Å². The number of pyridine rings is 1. The Kier molecular flexibility index (Phi) is 7.53. The van der Waals surface area contributed by atoms with Gasteiger partial charge in [-0.2, -0.15) is 13.2 Å². The molecule has 0 aliphatic heterocycles. The Morgan fingerprint density at radius 3 is 2.33 bits per heavy atom. The van der Waals surface area contributed by atoms with E-state index in [2.05, 4.69) is 27.6 Å². The molecule has 0 spiro atoms. The zero-order chi connectivity index (χ0) is 23.6. The fourth-order valence-electron chi connectivity index (χ4n) is 4.32. The average molecular weight is 586 g/mol. The van der Waals surface area contributed by atoms with Gasteiger partial charge in [0.25, 0.3) is 0 Å². The Labute approximate surface area is 210 Å². The number of benzene rings is 2. The molecule has 2 aromatic carbocycles. The van der Waals surface area contributed by atoms with Crippen LogP contribution in [0.3, 0.4) is 0 Å². The van der Waals surface area contributed by atoms with Gasteiger partial charge in [0.05, 0.1) is 17.3 Å². The van der Waals surface area contributed by atoms with E-state index in [9.17, 15) is 13.2 Å². The molecule has 0 saturated heterocycles. The van der Waals surface area contributed by atoms with Crippen LogP contribution in [0.4, 0.5) is 13.2 Å². The Hall–Kier alpha value is -1.80. The highest BCUT2D eigenvalue weighted by Crippen LogP contribution is 2.43. The van der Waals surface area contributed by atoms with Gasteiger partial charge in [-0.05, 0) is 103 Å². The van der Waals surface area contributed by atoms with Crippen LogP contribution in [0.25, 0.3) is 11.3 Å². The van der Waals surface area contributed by atoms with Crippen molar-refractivity contribution in [3.8, 4) is 17.0 Å². The van der Waals surface area contributed by atoms with E-state index in [1.807, 2.05) is 55.5 Å². The van der Waals surface area contributed by atoms with Gasteiger partial charge in [-0.15, -0.1) is 0 Å². The maximum atomic E-state index is 12.9. The summed E-state index contributed by atoms with van der Waals surface area (Å²) in [5.41, 5.74) is 4.68. The molecule has 1 saturated carbocycles. The molecule has 1 fully saturated rings. The highest BCUT2D eigenvalue weighted by atomic mass is 127. The Balaban J connectivity index is 1.42. The fraction of sp³-hybridized carbons (Fsp3) is 0.346. The van der Waals surface area contributed by atoms with Crippen LogP contribution in [0.15, 0.2) is 54.6 Å². The molecule has 174 valence electrons. The van der Waals surface area contributed by atoms with E-state index >= 15 is 0 Å². The van der Waals surface area contributed by atoms with Crippen molar-refractivity contribution >= 4 is 34.2 Å². The van der Waals surface area contributed by atoms with Gasteiger partial charge in [-0.1, -0.05) is 35.9 Å². The molecule has 7 heteroatoms. The third kappa shape index (κ3) is 6.01. The van der Waals surface area contributed by atoms with Crippen molar-refractivity contribution in [2.45, 2.75) is 51.3 Å². The van der Waals surface area contributed by atoms with Crippen molar-refractivity contribution in [2.75, 3.05) is 0 Å². The van der Waals surface area contributed by atoms with Gasteiger partial charge in [0.15, 0.2) is 0 Å². The summed E-state index contributed by atoms with van der Waals surface area (Å²) in [6, 6.07) is 17.5. The molecule has 1 aromatic heterocycles. The minimum Gasteiger partial charge on any atom is -0.488 e. The Morgan fingerprint density at radius 2 is 1.70 bits per heavy atom. The summed E-state index contributed by atoms with van der Waals surface area (Å²) < 4.78 is 46.0. The average Bonchev–Trinajstić information content (AvgIpc) is 2.80. The molecule has 0 bridgehead atoms. The van der Waals surface area contributed by atoms with Crippen LogP contribution < -0.4 is 4.74 Å². The standard InChI is InChI=1S/C26H24ClF3INO/c1-16-23(31)11-12-24(32-16)22-14-21(27)10-13-25(22)33-15-17-2-4-18(5-3-17)19-6-8-20(9-7-19)26(28,29)30/h2-5,10-14,19-20H,6-9,15H2,1H3. The number of aryl methyl sites for hydroxylation is 1. The van der Waals surface area contributed by atoms with Crippen LogP contribution in [-0.4, -0.2) is 11.2 Å². The summed E-state index contributed by atoms with van der Waals surface area (Å²) >= 11 is 8.49. The molecule has 3 aromatic rings. The molecule has 0 radical (unpaired) electrons. The summed E-state index contributed by atoms with van der Waals surface area (Å²) in [7, 11) is 0. The first-order valence-electron chi connectivity index (χ1n) is 10.9. The Bertz CT molecular complexity index is 1110. The lowest BCUT2D eigenvalue weighted by Crippen LogP contribution is -2.27. The molecule has 0 unspecified atom stereocenters. The van der Waals surface area contributed by atoms with Gasteiger partial charge in [-0.25, -0.2) is 0 Å². The molecule has 33 heavy (non-hydrogen) atoms. The highest BCUT2D eigenvalue weighted by molar-refractivity contribution is 14.1. The fourth-order valence-corrected chi connectivity index (χ4v) is 4.80. The third-order valence-corrected chi connectivity index (χ3v) is 7.65. The van der Waals surface area contributed by atoms with Crippen molar-refractivity contribution in [2.24, 2.45) is 5.92 Å². The van der Waals surface area contributed by atoms with Crippen LogP contribution in [0, 0.1) is 16.4 Å². The number of aromatic nitrogens is 1. The van der Waals surface area contributed by atoms with Gasteiger partial charge in [-0.3, -0.25) is 4.98 Å². The number of rotatable bonds is 5. The highest BCUT2D eigenvalue weighted by Gasteiger charge is 2.41. The predicted molar refractivity (Wildman–Crippen MR) is 134 cm³/mol. The number of nitrogens with zero attached hydrogens (tertiary/aromatic N) is 1. The van der Waals surface area contributed by atoms with Crippen molar-refractivity contribution in [1.29, 1.82) is 0 Å².